The fraction of sp³-hybridized carbons (Fsp3) is 0.818. The van der Waals surface area contributed by atoms with Gasteiger partial charge in [0.2, 0.25) is 0 Å². The summed E-state index contributed by atoms with van der Waals surface area (Å²) in [5.41, 5.74) is 0.139. The molecule has 0 radical (unpaired) electrons. The summed E-state index contributed by atoms with van der Waals surface area (Å²) < 4.78 is 0. The van der Waals surface area contributed by atoms with Gasteiger partial charge in [0.1, 0.15) is 0 Å². The van der Waals surface area contributed by atoms with Gasteiger partial charge in [-0.2, -0.15) is 0 Å². The van der Waals surface area contributed by atoms with Gasteiger partial charge in [-0.3, -0.25) is 4.90 Å². The first-order chi connectivity index (χ1) is 5.22. The van der Waals surface area contributed by atoms with Crippen molar-refractivity contribution in [1.82, 2.24) is 4.90 Å². The Hall–Kier alpha value is -0.480. The molecule has 70 valence electrons. The van der Waals surface area contributed by atoms with E-state index < -0.39 is 0 Å². The molecule has 0 bridgehead atoms. The van der Waals surface area contributed by atoms with Gasteiger partial charge in [-0.1, -0.05) is 5.92 Å². The first kappa shape index (κ1) is 11.5. The second-order valence-electron chi connectivity index (χ2n) is 4.66. The third-order valence-electron chi connectivity index (χ3n) is 2.28. The van der Waals surface area contributed by atoms with Gasteiger partial charge >= 0.3 is 0 Å². The minimum Gasteiger partial charge on any atom is -0.286 e. The number of hydrogen-bond acceptors (Lipinski definition) is 1. The molecule has 1 heteroatoms. The van der Waals surface area contributed by atoms with Crippen molar-refractivity contribution in [3.63, 3.8) is 0 Å². The van der Waals surface area contributed by atoms with E-state index >= 15 is 0 Å². The Balaban J connectivity index is 4.64. The molecule has 0 aromatic heterocycles. The molecule has 0 aliphatic heterocycles. The molecule has 0 saturated carbocycles. The SMILES string of the molecule is CC#CC(C)(C)N(C)C(C)(C)C. The molecule has 1 nitrogen and oxygen atoms in total. The quantitative estimate of drug-likeness (QED) is 0.542. The van der Waals surface area contributed by atoms with Crippen molar-refractivity contribution < 1.29 is 0 Å². The lowest BCUT2D eigenvalue weighted by atomic mass is 9.96. The Morgan fingerprint density at radius 2 is 1.42 bits per heavy atom. The zero-order valence-electron chi connectivity index (χ0n) is 9.45. The van der Waals surface area contributed by atoms with Crippen molar-refractivity contribution in [2.75, 3.05) is 7.05 Å². The minimum atomic E-state index is -0.0347. The van der Waals surface area contributed by atoms with Gasteiger partial charge in [-0.15, -0.1) is 5.92 Å². The molecule has 0 rings (SSSR count). The van der Waals surface area contributed by atoms with E-state index in [2.05, 4.69) is 58.4 Å². The highest BCUT2D eigenvalue weighted by atomic mass is 15.2. The predicted octanol–water partition coefficient (Wildman–Crippen LogP) is 2.52. The van der Waals surface area contributed by atoms with Crippen LogP contribution in [-0.4, -0.2) is 23.0 Å². The summed E-state index contributed by atoms with van der Waals surface area (Å²) in [6.07, 6.45) is 0. The number of nitrogens with zero attached hydrogens (tertiary/aromatic N) is 1. The molecule has 0 spiro atoms. The zero-order valence-corrected chi connectivity index (χ0v) is 9.45. The Kier molecular flexibility index (Phi) is 3.35. The summed E-state index contributed by atoms with van der Waals surface area (Å²) >= 11 is 0. The highest BCUT2D eigenvalue weighted by Crippen LogP contribution is 2.21. The lowest BCUT2D eigenvalue weighted by Crippen LogP contribution is -2.50. The van der Waals surface area contributed by atoms with Crippen molar-refractivity contribution in [3.05, 3.63) is 0 Å². The molecule has 0 atom stereocenters. The summed E-state index contributed by atoms with van der Waals surface area (Å²) in [6.45, 7) is 12.8. The fourth-order valence-corrected chi connectivity index (χ4v) is 1.23. The van der Waals surface area contributed by atoms with Crippen LogP contribution in [0.2, 0.25) is 0 Å². The molecule has 0 saturated heterocycles. The van der Waals surface area contributed by atoms with Crippen molar-refractivity contribution in [1.29, 1.82) is 0 Å². The number of rotatable bonds is 1. The third kappa shape index (κ3) is 2.87. The van der Waals surface area contributed by atoms with Gasteiger partial charge in [0.15, 0.2) is 0 Å². The van der Waals surface area contributed by atoms with E-state index in [0.29, 0.717) is 0 Å². The van der Waals surface area contributed by atoms with E-state index in [1.165, 1.54) is 0 Å². The van der Waals surface area contributed by atoms with E-state index in [-0.39, 0.29) is 11.1 Å². The molecule has 0 N–H and O–H groups in total. The van der Waals surface area contributed by atoms with Gasteiger partial charge < -0.3 is 0 Å². The van der Waals surface area contributed by atoms with Crippen LogP contribution in [0.3, 0.4) is 0 Å². The molecule has 0 unspecified atom stereocenters. The normalized spacial score (nSPS) is 12.7. The van der Waals surface area contributed by atoms with Crippen molar-refractivity contribution in [3.8, 4) is 11.8 Å². The van der Waals surface area contributed by atoms with Gasteiger partial charge in [0.05, 0.1) is 5.54 Å². The first-order valence-corrected chi connectivity index (χ1v) is 4.39. The average molecular weight is 167 g/mol. The van der Waals surface area contributed by atoms with Crippen molar-refractivity contribution in [2.24, 2.45) is 0 Å². The van der Waals surface area contributed by atoms with E-state index in [4.69, 9.17) is 0 Å². The summed E-state index contributed by atoms with van der Waals surface area (Å²) in [5, 5.41) is 0. The lowest BCUT2D eigenvalue weighted by Gasteiger charge is -2.41. The number of hydrogen-bond donors (Lipinski definition) is 0. The van der Waals surface area contributed by atoms with Crippen molar-refractivity contribution in [2.45, 2.75) is 52.6 Å². The van der Waals surface area contributed by atoms with Crippen LogP contribution in [0.5, 0.6) is 0 Å². The van der Waals surface area contributed by atoms with Crippen LogP contribution in [0.4, 0.5) is 0 Å². The summed E-state index contributed by atoms with van der Waals surface area (Å²) in [4.78, 5) is 2.29. The Morgan fingerprint density at radius 3 is 1.67 bits per heavy atom. The maximum Gasteiger partial charge on any atom is 0.0770 e. The van der Waals surface area contributed by atoms with Gasteiger partial charge in [-0.25, -0.2) is 0 Å². The highest BCUT2D eigenvalue weighted by Gasteiger charge is 2.29. The van der Waals surface area contributed by atoms with E-state index in [9.17, 15) is 0 Å². The molecule has 0 amide bonds. The Morgan fingerprint density at radius 1 is 1.00 bits per heavy atom. The van der Waals surface area contributed by atoms with E-state index in [1.54, 1.807) is 0 Å². The third-order valence-corrected chi connectivity index (χ3v) is 2.28. The summed E-state index contributed by atoms with van der Waals surface area (Å²) in [7, 11) is 2.12. The fourth-order valence-electron chi connectivity index (χ4n) is 1.23. The van der Waals surface area contributed by atoms with Crippen LogP contribution in [0, 0.1) is 11.8 Å². The molecule has 0 aromatic carbocycles. The lowest BCUT2D eigenvalue weighted by molar-refractivity contribution is 0.0953. The predicted molar refractivity (Wildman–Crippen MR) is 55.0 cm³/mol. The molecule has 0 fully saturated rings. The van der Waals surface area contributed by atoms with E-state index in [0.717, 1.165) is 0 Å². The molecule has 0 aromatic rings. The average Bonchev–Trinajstić information content (AvgIpc) is 1.84. The largest absolute Gasteiger partial charge is 0.286 e. The molecule has 0 aliphatic carbocycles. The second kappa shape index (κ2) is 3.49. The summed E-state index contributed by atoms with van der Waals surface area (Å²) in [5.74, 6) is 6.17. The molecule has 0 heterocycles. The second-order valence-corrected chi connectivity index (χ2v) is 4.66. The standard InChI is InChI=1S/C11H21N/c1-8-9-11(5,6)12(7)10(2,3)4/h1-7H3. The smallest absolute Gasteiger partial charge is 0.0770 e. The summed E-state index contributed by atoms with van der Waals surface area (Å²) in [6, 6.07) is 0. The van der Waals surface area contributed by atoms with Gasteiger partial charge in [0.25, 0.3) is 0 Å². The topological polar surface area (TPSA) is 3.24 Å². The van der Waals surface area contributed by atoms with Crippen LogP contribution >= 0.6 is 0 Å². The molecule has 12 heavy (non-hydrogen) atoms. The van der Waals surface area contributed by atoms with Crippen LogP contribution in [0.25, 0.3) is 0 Å². The maximum atomic E-state index is 3.20. The van der Waals surface area contributed by atoms with Crippen LogP contribution < -0.4 is 0 Å². The molecular formula is C11H21N. The molecular weight excluding hydrogens is 146 g/mol. The minimum absolute atomic E-state index is 0.0347. The zero-order chi connectivity index (χ0) is 9.99. The van der Waals surface area contributed by atoms with Crippen LogP contribution in [-0.2, 0) is 0 Å². The van der Waals surface area contributed by atoms with Crippen LogP contribution in [0.1, 0.15) is 41.5 Å². The Labute approximate surface area is 77.1 Å². The van der Waals surface area contributed by atoms with Crippen molar-refractivity contribution >= 4 is 0 Å². The Bertz CT molecular complexity index is 197. The first-order valence-electron chi connectivity index (χ1n) is 4.39. The molecule has 0 aliphatic rings. The van der Waals surface area contributed by atoms with E-state index in [1.807, 2.05) is 6.92 Å². The highest BCUT2D eigenvalue weighted by molar-refractivity contribution is 5.14. The maximum absolute atomic E-state index is 3.20. The van der Waals surface area contributed by atoms with Crippen LogP contribution in [0.15, 0.2) is 0 Å². The monoisotopic (exact) mass is 167 g/mol. The van der Waals surface area contributed by atoms with Gasteiger partial charge in [0, 0.05) is 5.54 Å². The van der Waals surface area contributed by atoms with Gasteiger partial charge in [-0.05, 0) is 48.6 Å².